The third kappa shape index (κ3) is 6.91. The van der Waals surface area contributed by atoms with Crippen LogP contribution in [-0.2, 0) is 11.5 Å². The van der Waals surface area contributed by atoms with Crippen LogP contribution >= 0.6 is 35.1 Å². The van der Waals surface area contributed by atoms with E-state index in [0.29, 0.717) is 5.56 Å². The maximum Gasteiger partial charge on any atom is 0.255 e. The third-order valence-corrected chi connectivity index (χ3v) is 7.54. The fourth-order valence-electron chi connectivity index (χ4n) is 3.28. The van der Waals surface area contributed by atoms with Crippen molar-refractivity contribution in [3.8, 4) is 0 Å². The molecule has 0 aliphatic carbocycles. The molecule has 0 heterocycles. The first kappa shape index (κ1) is 23.5. The molecule has 0 saturated carbocycles. The Morgan fingerprint density at radius 2 is 1.36 bits per heavy atom. The molecule has 0 aliphatic heterocycles. The Kier molecular flexibility index (Phi) is 8.16. The van der Waals surface area contributed by atoms with Crippen molar-refractivity contribution in [1.29, 1.82) is 0 Å². The largest absolute Gasteiger partial charge is 0.322 e. The second kappa shape index (κ2) is 11.5. The number of rotatable bonds is 8. The van der Waals surface area contributed by atoms with Gasteiger partial charge in [0.05, 0.1) is 0 Å². The molecule has 4 rings (SSSR count). The number of carbonyl (C=O) groups is 1. The lowest BCUT2D eigenvalue weighted by Gasteiger charge is -2.11. The molecule has 1 N–H and O–H groups in total. The summed E-state index contributed by atoms with van der Waals surface area (Å²) in [6.07, 6.45) is 0. The van der Waals surface area contributed by atoms with E-state index >= 15 is 0 Å². The standard InChI is InChI=1S/C28H24ClNOS2/c1-20-17-22(19-33-25-5-3-2-4-6-25)9-16-27(20)30-28(31)23-10-7-21(8-11-23)18-32-26-14-12-24(29)13-15-26/h2-17H,18-19H2,1H3,(H,30,31). The lowest BCUT2D eigenvalue weighted by atomic mass is 10.1. The molecular weight excluding hydrogens is 466 g/mol. The molecule has 0 unspecified atom stereocenters. The summed E-state index contributed by atoms with van der Waals surface area (Å²) in [5.41, 5.74) is 4.96. The highest BCUT2D eigenvalue weighted by Gasteiger charge is 2.09. The fraction of sp³-hybridized carbons (Fsp3) is 0.107. The smallest absolute Gasteiger partial charge is 0.255 e. The normalized spacial score (nSPS) is 10.7. The van der Waals surface area contributed by atoms with Crippen molar-refractivity contribution >= 4 is 46.7 Å². The van der Waals surface area contributed by atoms with Gasteiger partial charge in [0.25, 0.3) is 5.91 Å². The topological polar surface area (TPSA) is 29.1 Å². The zero-order valence-corrected chi connectivity index (χ0v) is 20.6. The number of nitrogens with one attached hydrogen (secondary N) is 1. The van der Waals surface area contributed by atoms with E-state index in [0.717, 1.165) is 27.8 Å². The first-order chi connectivity index (χ1) is 16.1. The second-order valence-electron chi connectivity index (χ2n) is 7.64. The van der Waals surface area contributed by atoms with E-state index in [1.165, 1.54) is 20.9 Å². The minimum atomic E-state index is -0.0959. The maximum atomic E-state index is 12.8. The van der Waals surface area contributed by atoms with Gasteiger partial charge in [-0.1, -0.05) is 54.1 Å². The van der Waals surface area contributed by atoms with Crippen LogP contribution < -0.4 is 5.32 Å². The Morgan fingerprint density at radius 1 is 0.758 bits per heavy atom. The van der Waals surface area contributed by atoms with Gasteiger partial charge in [-0.25, -0.2) is 0 Å². The summed E-state index contributed by atoms with van der Waals surface area (Å²) in [6, 6.07) is 32.2. The number of thioether (sulfide) groups is 2. The minimum Gasteiger partial charge on any atom is -0.322 e. The Balaban J connectivity index is 1.32. The Bertz CT molecular complexity index is 1210. The summed E-state index contributed by atoms with van der Waals surface area (Å²) in [6.45, 7) is 2.03. The summed E-state index contributed by atoms with van der Waals surface area (Å²) < 4.78 is 0. The molecule has 0 radical (unpaired) electrons. The van der Waals surface area contributed by atoms with Crippen molar-refractivity contribution < 1.29 is 4.79 Å². The maximum absolute atomic E-state index is 12.8. The minimum absolute atomic E-state index is 0.0959. The lowest BCUT2D eigenvalue weighted by Crippen LogP contribution is -2.12. The molecule has 4 aromatic carbocycles. The Hall–Kier alpha value is -2.66. The Morgan fingerprint density at radius 3 is 2.03 bits per heavy atom. The number of hydrogen-bond acceptors (Lipinski definition) is 3. The van der Waals surface area contributed by atoms with Crippen LogP contribution in [0.5, 0.6) is 0 Å². The van der Waals surface area contributed by atoms with Crippen LogP contribution in [0.2, 0.25) is 5.02 Å². The van der Waals surface area contributed by atoms with Crippen molar-refractivity contribution in [3.05, 3.63) is 124 Å². The summed E-state index contributed by atoms with van der Waals surface area (Å²) >= 11 is 9.49. The predicted octanol–water partition coefficient (Wildman–Crippen LogP) is 8.49. The van der Waals surface area contributed by atoms with E-state index in [9.17, 15) is 4.79 Å². The van der Waals surface area contributed by atoms with E-state index in [4.69, 9.17) is 11.6 Å². The first-order valence-corrected chi connectivity index (χ1v) is 13.0. The van der Waals surface area contributed by atoms with Gasteiger partial charge in [-0.15, -0.1) is 23.5 Å². The second-order valence-corrected chi connectivity index (χ2v) is 10.2. The number of aryl methyl sites for hydroxylation is 1. The van der Waals surface area contributed by atoms with E-state index in [1.54, 1.807) is 11.8 Å². The number of halogens is 1. The van der Waals surface area contributed by atoms with Crippen molar-refractivity contribution in [2.75, 3.05) is 5.32 Å². The summed E-state index contributed by atoms with van der Waals surface area (Å²) in [5.74, 6) is 1.64. The number of hydrogen-bond donors (Lipinski definition) is 1. The zero-order valence-electron chi connectivity index (χ0n) is 18.3. The molecule has 33 heavy (non-hydrogen) atoms. The van der Waals surface area contributed by atoms with Gasteiger partial charge in [0, 0.05) is 37.6 Å². The van der Waals surface area contributed by atoms with Crippen LogP contribution in [0.4, 0.5) is 5.69 Å². The molecule has 0 bridgehead atoms. The highest BCUT2D eigenvalue weighted by atomic mass is 35.5. The molecule has 0 saturated heterocycles. The van der Waals surface area contributed by atoms with E-state index in [-0.39, 0.29) is 5.91 Å². The van der Waals surface area contributed by atoms with Gasteiger partial charge in [-0.3, -0.25) is 4.79 Å². The van der Waals surface area contributed by atoms with Gasteiger partial charge in [0.1, 0.15) is 0 Å². The monoisotopic (exact) mass is 489 g/mol. The van der Waals surface area contributed by atoms with Gasteiger partial charge in [-0.05, 0) is 78.2 Å². The number of benzene rings is 4. The molecular formula is C28H24ClNOS2. The van der Waals surface area contributed by atoms with Crippen LogP contribution in [0, 0.1) is 6.92 Å². The van der Waals surface area contributed by atoms with Crippen LogP contribution in [0.3, 0.4) is 0 Å². The Labute approximate surface area is 208 Å². The number of carbonyl (C=O) groups excluding carboxylic acids is 1. The molecule has 0 fully saturated rings. The van der Waals surface area contributed by atoms with Crippen molar-refractivity contribution in [2.45, 2.75) is 28.2 Å². The number of anilines is 1. The third-order valence-electron chi connectivity index (χ3n) is 5.12. The van der Waals surface area contributed by atoms with Crippen LogP contribution in [-0.4, -0.2) is 5.91 Å². The summed E-state index contributed by atoms with van der Waals surface area (Å²) in [5, 5.41) is 3.79. The quantitative estimate of drug-likeness (QED) is 0.251. The molecule has 0 aliphatic rings. The van der Waals surface area contributed by atoms with Crippen molar-refractivity contribution in [2.24, 2.45) is 0 Å². The first-order valence-electron chi connectivity index (χ1n) is 10.6. The fourth-order valence-corrected chi connectivity index (χ4v) is 5.13. The van der Waals surface area contributed by atoms with Crippen LogP contribution in [0.15, 0.2) is 107 Å². The molecule has 1 amide bonds. The van der Waals surface area contributed by atoms with Crippen LogP contribution in [0.1, 0.15) is 27.0 Å². The predicted molar refractivity (Wildman–Crippen MR) is 143 cm³/mol. The summed E-state index contributed by atoms with van der Waals surface area (Å²) in [7, 11) is 0. The van der Waals surface area contributed by atoms with Crippen molar-refractivity contribution in [1.82, 2.24) is 0 Å². The molecule has 2 nitrogen and oxygen atoms in total. The van der Waals surface area contributed by atoms with Crippen LogP contribution in [0.25, 0.3) is 0 Å². The van der Waals surface area contributed by atoms with E-state index in [1.807, 2.05) is 79.3 Å². The van der Waals surface area contributed by atoms with E-state index in [2.05, 4.69) is 41.7 Å². The van der Waals surface area contributed by atoms with Gasteiger partial charge < -0.3 is 5.32 Å². The van der Waals surface area contributed by atoms with Gasteiger partial charge >= 0.3 is 0 Å². The average Bonchev–Trinajstić information content (AvgIpc) is 2.85. The average molecular weight is 490 g/mol. The molecule has 0 atom stereocenters. The molecule has 4 aromatic rings. The van der Waals surface area contributed by atoms with Gasteiger partial charge in [0.15, 0.2) is 0 Å². The molecule has 5 heteroatoms. The highest BCUT2D eigenvalue weighted by Crippen LogP contribution is 2.26. The highest BCUT2D eigenvalue weighted by molar-refractivity contribution is 7.98. The van der Waals surface area contributed by atoms with Crippen molar-refractivity contribution in [3.63, 3.8) is 0 Å². The summed E-state index contributed by atoms with van der Waals surface area (Å²) in [4.78, 5) is 15.2. The van der Waals surface area contributed by atoms with Gasteiger partial charge in [0.2, 0.25) is 0 Å². The number of amides is 1. The molecule has 0 aromatic heterocycles. The molecule has 166 valence electrons. The molecule has 0 spiro atoms. The SMILES string of the molecule is Cc1cc(CSc2ccccc2)ccc1NC(=O)c1ccc(CSc2ccc(Cl)cc2)cc1. The zero-order chi connectivity index (χ0) is 23.0. The lowest BCUT2D eigenvalue weighted by molar-refractivity contribution is 0.102. The van der Waals surface area contributed by atoms with E-state index < -0.39 is 0 Å². The van der Waals surface area contributed by atoms with Gasteiger partial charge in [-0.2, -0.15) is 0 Å².